The highest BCUT2D eigenvalue weighted by atomic mass is 16.5. The molecule has 1 unspecified atom stereocenters. The summed E-state index contributed by atoms with van der Waals surface area (Å²) in [6.45, 7) is 7.62. The third kappa shape index (κ3) is 5.40. The van der Waals surface area contributed by atoms with E-state index >= 15 is 0 Å². The zero-order valence-corrected chi connectivity index (χ0v) is 13.5. The highest BCUT2D eigenvalue weighted by Crippen LogP contribution is 2.09. The summed E-state index contributed by atoms with van der Waals surface area (Å²) < 4.78 is 5.30. The Morgan fingerprint density at radius 3 is 2.73 bits per heavy atom. The molecule has 0 radical (unpaired) electrons. The Balaban J connectivity index is 1.78. The maximum Gasteiger partial charge on any atom is 0.224 e. The van der Waals surface area contributed by atoms with Crippen molar-refractivity contribution in [2.45, 2.75) is 25.9 Å². The van der Waals surface area contributed by atoms with Crippen LogP contribution in [0.1, 0.15) is 18.1 Å². The summed E-state index contributed by atoms with van der Waals surface area (Å²) in [6.07, 6.45) is 0.348. The molecule has 0 spiro atoms. The standard InChI is InChI=1S/C17H26N2O3/c1-14-5-3-4-6-15(14)11-16(20)18-12-17(2,21)13-19-7-9-22-10-8-19/h3-6,21H,7-13H2,1-2H3,(H,18,20). The molecule has 0 bridgehead atoms. The maximum atomic E-state index is 12.0. The van der Waals surface area contributed by atoms with E-state index in [9.17, 15) is 9.90 Å². The van der Waals surface area contributed by atoms with Gasteiger partial charge in [0.2, 0.25) is 5.91 Å². The van der Waals surface area contributed by atoms with Crippen LogP contribution in [-0.2, 0) is 16.0 Å². The van der Waals surface area contributed by atoms with Crippen molar-refractivity contribution in [3.63, 3.8) is 0 Å². The molecule has 1 aliphatic heterocycles. The van der Waals surface area contributed by atoms with Crippen LogP contribution in [0.25, 0.3) is 0 Å². The molecule has 1 fully saturated rings. The second-order valence-electron chi connectivity index (χ2n) is 6.27. The van der Waals surface area contributed by atoms with E-state index in [1.54, 1.807) is 6.92 Å². The van der Waals surface area contributed by atoms with Crippen molar-refractivity contribution in [1.82, 2.24) is 10.2 Å². The molecule has 22 heavy (non-hydrogen) atoms. The third-order valence-electron chi connectivity index (χ3n) is 3.95. The second kappa shape index (κ2) is 7.72. The molecule has 1 saturated heterocycles. The van der Waals surface area contributed by atoms with Gasteiger partial charge in [-0.05, 0) is 25.0 Å². The van der Waals surface area contributed by atoms with Gasteiger partial charge in [0.15, 0.2) is 0 Å². The fraction of sp³-hybridized carbons (Fsp3) is 0.588. The van der Waals surface area contributed by atoms with E-state index in [-0.39, 0.29) is 12.5 Å². The molecule has 5 nitrogen and oxygen atoms in total. The van der Waals surface area contributed by atoms with Crippen LogP contribution in [0.4, 0.5) is 0 Å². The van der Waals surface area contributed by atoms with Crippen molar-refractivity contribution in [1.29, 1.82) is 0 Å². The van der Waals surface area contributed by atoms with Gasteiger partial charge in [-0.2, -0.15) is 0 Å². The smallest absolute Gasteiger partial charge is 0.224 e. The number of benzene rings is 1. The van der Waals surface area contributed by atoms with Crippen LogP contribution >= 0.6 is 0 Å². The van der Waals surface area contributed by atoms with Crippen LogP contribution < -0.4 is 5.32 Å². The zero-order valence-electron chi connectivity index (χ0n) is 13.5. The average Bonchev–Trinajstić information content (AvgIpc) is 2.48. The molecule has 1 aliphatic rings. The minimum atomic E-state index is -0.932. The van der Waals surface area contributed by atoms with Crippen LogP contribution in [0.5, 0.6) is 0 Å². The van der Waals surface area contributed by atoms with E-state index in [0.717, 1.165) is 24.2 Å². The van der Waals surface area contributed by atoms with Gasteiger partial charge in [0.05, 0.1) is 25.2 Å². The van der Waals surface area contributed by atoms with Crippen molar-refractivity contribution in [3.8, 4) is 0 Å². The van der Waals surface area contributed by atoms with Crippen molar-refractivity contribution in [2.24, 2.45) is 0 Å². The molecule has 1 heterocycles. The number of carbonyl (C=O) groups is 1. The Morgan fingerprint density at radius 1 is 1.36 bits per heavy atom. The lowest BCUT2D eigenvalue weighted by Gasteiger charge is -2.33. The molecule has 0 aliphatic carbocycles. The number of rotatable bonds is 6. The number of nitrogens with zero attached hydrogens (tertiary/aromatic N) is 1. The van der Waals surface area contributed by atoms with E-state index < -0.39 is 5.60 Å². The number of carbonyl (C=O) groups excluding carboxylic acids is 1. The summed E-state index contributed by atoms with van der Waals surface area (Å²) >= 11 is 0. The maximum absolute atomic E-state index is 12.0. The van der Waals surface area contributed by atoms with Gasteiger partial charge in [0, 0.05) is 26.2 Å². The van der Waals surface area contributed by atoms with Crippen LogP contribution in [0.15, 0.2) is 24.3 Å². The first-order valence-electron chi connectivity index (χ1n) is 7.80. The normalized spacial score (nSPS) is 18.7. The van der Waals surface area contributed by atoms with Crippen LogP contribution in [0.2, 0.25) is 0 Å². The Morgan fingerprint density at radius 2 is 2.05 bits per heavy atom. The average molecular weight is 306 g/mol. The molecule has 5 heteroatoms. The number of aryl methyl sites for hydroxylation is 1. The molecule has 2 rings (SSSR count). The lowest BCUT2D eigenvalue weighted by atomic mass is 10.0. The van der Waals surface area contributed by atoms with Crippen LogP contribution in [0, 0.1) is 6.92 Å². The zero-order chi connectivity index (χ0) is 16.0. The number of nitrogens with one attached hydrogen (secondary N) is 1. The number of β-amino-alcohol motifs (C(OH)–C–C–N with tert-alkyl or cyclic N) is 1. The van der Waals surface area contributed by atoms with Gasteiger partial charge in [-0.3, -0.25) is 9.69 Å². The Hall–Kier alpha value is -1.43. The number of amides is 1. The summed E-state index contributed by atoms with van der Waals surface area (Å²) in [6, 6.07) is 7.85. The number of aliphatic hydroxyl groups is 1. The molecular weight excluding hydrogens is 280 g/mol. The van der Waals surface area contributed by atoms with Gasteiger partial charge >= 0.3 is 0 Å². The van der Waals surface area contributed by atoms with E-state index in [1.807, 2.05) is 31.2 Å². The van der Waals surface area contributed by atoms with E-state index in [2.05, 4.69) is 10.2 Å². The topological polar surface area (TPSA) is 61.8 Å². The summed E-state index contributed by atoms with van der Waals surface area (Å²) in [5.41, 5.74) is 1.20. The fourth-order valence-corrected chi connectivity index (χ4v) is 2.63. The van der Waals surface area contributed by atoms with Crippen molar-refractivity contribution in [2.75, 3.05) is 39.4 Å². The molecular formula is C17H26N2O3. The fourth-order valence-electron chi connectivity index (χ4n) is 2.63. The molecule has 0 saturated carbocycles. The number of ether oxygens (including phenoxy) is 1. The molecule has 1 aromatic rings. The van der Waals surface area contributed by atoms with E-state index in [4.69, 9.17) is 4.74 Å². The van der Waals surface area contributed by atoms with Gasteiger partial charge in [-0.15, -0.1) is 0 Å². The van der Waals surface area contributed by atoms with Gasteiger partial charge < -0.3 is 15.2 Å². The summed E-state index contributed by atoms with van der Waals surface area (Å²) in [4.78, 5) is 14.2. The molecule has 1 atom stereocenters. The van der Waals surface area contributed by atoms with Crippen molar-refractivity contribution >= 4 is 5.91 Å². The lowest BCUT2D eigenvalue weighted by molar-refractivity contribution is -0.121. The number of morpholine rings is 1. The van der Waals surface area contributed by atoms with Crippen LogP contribution in [0.3, 0.4) is 0 Å². The molecule has 1 aromatic carbocycles. The molecule has 1 amide bonds. The summed E-state index contributed by atoms with van der Waals surface area (Å²) in [5.74, 6) is -0.0587. The van der Waals surface area contributed by atoms with E-state index in [0.29, 0.717) is 26.2 Å². The molecule has 0 aromatic heterocycles. The van der Waals surface area contributed by atoms with Crippen molar-refractivity contribution < 1.29 is 14.6 Å². The monoisotopic (exact) mass is 306 g/mol. The largest absolute Gasteiger partial charge is 0.387 e. The third-order valence-corrected chi connectivity index (χ3v) is 3.95. The highest BCUT2D eigenvalue weighted by molar-refractivity contribution is 5.78. The van der Waals surface area contributed by atoms with Gasteiger partial charge in [-0.25, -0.2) is 0 Å². The Labute approximate surface area is 132 Å². The number of hydrogen-bond donors (Lipinski definition) is 2. The number of hydrogen-bond acceptors (Lipinski definition) is 4. The Kier molecular flexibility index (Phi) is 5.94. The lowest BCUT2D eigenvalue weighted by Crippen LogP contribution is -2.51. The SMILES string of the molecule is Cc1ccccc1CC(=O)NCC(C)(O)CN1CCOCC1. The van der Waals surface area contributed by atoms with Gasteiger partial charge in [-0.1, -0.05) is 24.3 Å². The molecule has 122 valence electrons. The first-order chi connectivity index (χ1) is 10.5. The first-order valence-corrected chi connectivity index (χ1v) is 7.80. The summed E-state index contributed by atoms with van der Waals surface area (Å²) in [7, 11) is 0. The predicted molar refractivity (Wildman–Crippen MR) is 85.8 cm³/mol. The predicted octanol–water partition coefficient (Wildman–Crippen LogP) is 0.737. The second-order valence-corrected chi connectivity index (χ2v) is 6.27. The van der Waals surface area contributed by atoms with Crippen LogP contribution in [-0.4, -0.2) is 60.9 Å². The highest BCUT2D eigenvalue weighted by Gasteiger charge is 2.25. The minimum Gasteiger partial charge on any atom is -0.387 e. The van der Waals surface area contributed by atoms with E-state index in [1.165, 1.54) is 0 Å². The van der Waals surface area contributed by atoms with Gasteiger partial charge in [0.25, 0.3) is 0 Å². The first kappa shape index (κ1) is 16.9. The van der Waals surface area contributed by atoms with Gasteiger partial charge in [0.1, 0.15) is 0 Å². The summed E-state index contributed by atoms with van der Waals surface area (Å²) in [5, 5.41) is 13.3. The minimum absolute atomic E-state index is 0.0587. The Bertz CT molecular complexity index is 496. The molecule has 2 N–H and O–H groups in total. The van der Waals surface area contributed by atoms with Crippen molar-refractivity contribution in [3.05, 3.63) is 35.4 Å². The quantitative estimate of drug-likeness (QED) is 0.814.